The number of benzene rings is 1. The predicted octanol–water partition coefficient (Wildman–Crippen LogP) is 4.57. The molecule has 112 valence electrons. The van der Waals surface area contributed by atoms with E-state index in [9.17, 15) is 13.6 Å². The molecule has 1 amide bonds. The molecule has 0 unspecified atom stereocenters. The highest BCUT2D eigenvalue weighted by atomic mass is 35.5. The van der Waals surface area contributed by atoms with Crippen LogP contribution in [0.1, 0.15) is 22.5 Å². The lowest BCUT2D eigenvalue weighted by atomic mass is 10.2. The monoisotopic (exact) mass is 353 g/mol. The first-order valence-corrected chi connectivity index (χ1v) is 6.70. The van der Waals surface area contributed by atoms with E-state index in [0.29, 0.717) is 0 Å². The molecule has 0 saturated carbocycles. The Hall–Kier alpha value is -1.37. The van der Waals surface area contributed by atoms with Gasteiger partial charge in [-0.2, -0.15) is 5.10 Å². The van der Waals surface area contributed by atoms with Crippen LogP contribution in [0.4, 0.5) is 14.5 Å². The molecule has 1 aromatic heterocycles. The summed E-state index contributed by atoms with van der Waals surface area (Å²) in [5, 5.41) is 6.40. The van der Waals surface area contributed by atoms with E-state index in [1.54, 1.807) is 0 Å². The zero-order valence-corrected chi connectivity index (χ0v) is 12.8. The molecule has 0 aliphatic heterocycles. The van der Waals surface area contributed by atoms with Gasteiger partial charge in [-0.25, -0.2) is 8.78 Å². The molecule has 4 nitrogen and oxygen atoms in total. The third kappa shape index (κ3) is 3.45. The fraction of sp³-hybridized carbons (Fsp3) is 0.167. The molecule has 0 atom stereocenters. The van der Waals surface area contributed by atoms with Crippen LogP contribution in [0.2, 0.25) is 15.1 Å². The number of alkyl halides is 2. The Morgan fingerprint density at radius 1 is 1.29 bits per heavy atom. The summed E-state index contributed by atoms with van der Waals surface area (Å²) in [7, 11) is 1.44. The van der Waals surface area contributed by atoms with E-state index in [2.05, 4.69) is 10.4 Å². The van der Waals surface area contributed by atoms with Gasteiger partial charge in [0.05, 0.1) is 20.6 Å². The number of nitrogens with one attached hydrogen (secondary N) is 1. The second-order valence-electron chi connectivity index (χ2n) is 4.11. The van der Waals surface area contributed by atoms with E-state index in [-0.39, 0.29) is 26.3 Å². The van der Waals surface area contributed by atoms with Gasteiger partial charge in [-0.05, 0) is 12.1 Å². The van der Waals surface area contributed by atoms with Gasteiger partial charge in [0, 0.05) is 18.9 Å². The maximum atomic E-state index is 12.8. The van der Waals surface area contributed by atoms with Crippen molar-refractivity contribution in [3.8, 4) is 0 Å². The first-order chi connectivity index (χ1) is 9.79. The highest BCUT2D eigenvalue weighted by Gasteiger charge is 2.23. The van der Waals surface area contributed by atoms with Gasteiger partial charge in [0.2, 0.25) is 0 Å². The predicted molar refractivity (Wildman–Crippen MR) is 77.6 cm³/mol. The lowest BCUT2D eigenvalue weighted by Gasteiger charge is -2.07. The smallest absolute Gasteiger partial charge is 0.282 e. The van der Waals surface area contributed by atoms with Crippen LogP contribution >= 0.6 is 34.8 Å². The summed E-state index contributed by atoms with van der Waals surface area (Å²) in [5.41, 5.74) is -0.584. The van der Waals surface area contributed by atoms with Crippen molar-refractivity contribution in [3.63, 3.8) is 0 Å². The first-order valence-electron chi connectivity index (χ1n) is 5.57. The number of carbonyl (C=O) groups is 1. The average Bonchev–Trinajstić information content (AvgIpc) is 2.78. The Morgan fingerprint density at radius 3 is 2.38 bits per heavy atom. The summed E-state index contributed by atoms with van der Waals surface area (Å²) < 4.78 is 26.7. The van der Waals surface area contributed by atoms with Gasteiger partial charge in [0.15, 0.2) is 0 Å². The van der Waals surface area contributed by atoms with Crippen LogP contribution < -0.4 is 5.32 Å². The molecule has 0 fully saturated rings. The molecule has 0 aliphatic carbocycles. The Morgan fingerprint density at radius 2 is 1.86 bits per heavy atom. The third-order valence-electron chi connectivity index (χ3n) is 2.55. The van der Waals surface area contributed by atoms with Crippen LogP contribution in [0.15, 0.2) is 18.3 Å². The largest absolute Gasteiger partial charge is 0.322 e. The minimum absolute atomic E-state index is 0.139. The number of hydrogen-bond acceptors (Lipinski definition) is 2. The molecule has 9 heteroatoms. The fourth-order valence-corrected chi connectivity index (χ4v) is 2.26. The molecule has 1 aromatic carbocycles. The number of anilines is 1. The second-order valence-corrected chi connectivity index (χ2v) is 5.30. The molecule has 2 rings (SSSR count). The number of nitrogens with zero attached hydrogens (tertiary/aromatic N) is 2. The van der Waals surface area contributed by atoms with Gasteiger partial charge in [-0.3, -0.25) is 9.48 Å². The van der Waals surface area contributed by atoms with E-state index < -0.39 is 18.0 Å². The van der Waals surface area contributed by atoms with Crippen molar-refractivity contribution in [2.45, 2.75) is 6.43 Å². The van der Waals surface area contributed by atoms with Gasteiger partial charge in [-0.15, -0.1) is 0 Å². The number of hydrogen-bond donors (Lipinski definition) is 1. The zero-order chi connectivity index (χ0) is 15.7. The molecular formula is C12H8Cl3F2N3O. The summed E-state index contributed by atoms with van der Waals surface area (Å²) in [4.78, 5) is 12.0. The maximum absolute atomic E-state index is 12.8. The highest BCUT2D eigenvalue weighted by molar-refractivity contribution is 6.48. The zero-order valence-electron chi connectivity index (χ0n) is 10.5. The van der Waals surface area contributed by atoms with Gasteiger partial charge in [0.1, 0.15) is 5.69 Å². The molecule has 1 N–H and O–H groups in total. The number of amides is 1. The fourth-order valence-electron chi connectivity index (χ4n) is 1.67. The van der Waals surface area contributed by atoms with Crippen LogP contribution in [0.3, 0.4) is 0 Å². The van der Waals surface area contributed by atoms with Gasteiger partial charge < -0.3 is 5.32 Å². The highest BCUT2D eigenvalue weighted by Crippen LogP contribution is 2.33. The summed E-state index contributed by atoms with van der Waals surface area (Å²) >= 11 is 17.4. The molecule has 0 spiro atoms. The number of aromatic nitrogens is 2. The maximum Gasteiger partial charge on any atom is 0.282 e. The van der Waals surface area contributed by atoms with Crippen molar-refractivity contribution in [2.24, 2.45) is 7.05 Å². The third-order valence-corrected chi connectivity index (χ3v) is 3.75. The van der Waals surface area contributed by atoms with Gasteiger partial charge in [0.25, 0.3) is 12.3 Å². The average molecular weight is 355 g/mol. The van der Waals surface area contributed by atoms with Crippen LogP contribution in [-0.2, 0) is 7.05 Å². The lowest BCUT2D eigenvalue weighted by molar-refractivity contribution is 0.101. The van der Waals surface area contributed by atoms with Crippen LogP contribution in [0.25, 0.3) is 0 Å². The normalized spacial score (nSPS) is 11.0. The Balaban J connectivity index is 2.30. The quantitative estimate of drug-likeness (QED) is 0.821. The molecule has 0 bridgehead atoms. The number of halogens is 5. The summed E-state index contributed by atoms with van der Waals surface area (Å²) in [5.74, 6) is -0.743. The van der Waals surface area contributed by atoms with Crippen molar-refractivity contribution in [1.29, 1.82) is 0 Å². The van der Waals surface area contributed by atoms with Crippen LogP contribution in [-0.4, -0.2) is 15.7 Å². The Bertz CT molecular complexity index is 680. The number of aryl methyl sites for hydroxylation is 1. The standard InChI is InChI=1S/C12H8Cl3F2N3O/c1-20-4-6(10(19-20)11(16)17)12(21)18-5-2-7(13)9(15)8(14)3-5/h2-4,11H,1H3,(H,18,21). The minimum atomic E-state index is -2.86. The first kappa shape index (κ1) is 16.0. The van der Waals surface area contributed by atoms with Crippen molar-refractivity contribution < 1.29 is 13.6 Å². The van der Waals surface area contributed by atoms with E-state index in [0.717, 1.165) is 4.68 Å². The van der Waals surface area contributed by atoms with Gasteiger partial charge in [-0.1, -0.05) is 34.8 Å². The second kappa shape index (κ2) is 6.17. The number of rotatable bonds is 3. The minimum Gasteiger partial charge on any atom is -0.322 e. The summed E-state index contributed by atoms with van der Waals surface area (Å²) in [6.45, 7) is 0. The summed E-state index contributed by atoms with van der Waals surface area (Å²) in [6.07, 6.45) is -1.65. The SMILES string of the molecule is Cn1cc(C(=O)Nc2cc(Cl)c(Cl)c(Cl)c2)c(C(F)F)n1. The van der Waals surface area contributed by atoms with Crippen molar-refractivity contribution >= 4 is 46.4 Å². The van der Waals surface area contributed by atoms with E-state index >= 15 is 0 Å². The van der Waals surface area contributed by atoms with Crippen molar-refractivity contribution in [1.82, 2.24) is 9.78 Å². The van der Waals surface area contributed by atoms with Crippen molar-refractivity contribution in [3.05, 3.63) is 44.7 Å². The lowest BCUT2D eigenvalue weighted by Crippen LogP contribution is -2.13. The van der Waals surface area contributed by atoms with E-state index in [1.165, 1.54) is 25.4 Å². The molecule has 0 radical (unpaired) electrons. The molecular weight excluding hydrogens is 347 g/mol. The van der Waals surface area contributed by atoms with E-state index in [1.807, 2.05) is 0 Å². The number of carbonyl (C=O) groups excluding carboxylic acids is 1. The van der Waals surface area contributed by atoms with Crippen LogP contribution in [0.5, 0.6) is 0 Å². The Labute approximate surface area is 133 Å². The molecule has 0 aliphatic rings. The molecule has 21 heavy (non-hydrogen) atoms. The van der Waals surface area contributed by atoms with Crippen molar-refractivity contribution in [2.75, 3.05) is 5.32 Å². The topological polar surface area (TPSA) is 46.9 Å². The summed E-state index contributed by atoms with van der Waals surface area (Å²) in [6, 6.07) is 2.73. The molecule has 0 saturated heterocycles. The molecule has 1 heterocycles. The van der Waals surface area contributed by atoms with E-state index in [4.69, 9.17) is 34.8 Å². The Kier molecular flexibility index (Phi) is 4.70. The van der Waals surface area contributed by atoms with Gasteiger partial charge >= 0.3 is 0 Å². The van der Waals surface area contributed by atoms with Crippen LogP contribution in [0, 0.1) is 0 Å². The molecule has 2 aromatic rings.